The average Bonchev–Trinajstić information content (AvgIpc) is 2.10. The molecule has 0 bridgehead atoms. The lowest BCUT2D eigenvalue weighted by atomic mass is 10.2. The molecule has 0 aromatic heterocycles. The Bertz CT molecular complexity index is 221. The summed E-state index contributed by atoms with van der Waals surface area (Å²) in [7, 11) is 1.52. The van der Waals surface area contributed by atoms with Crippen LogP contribution < -0.4 is 0 Å². The zero-order valence-corrected chi connectivity index (χ0v) is 6.91. The summed E-state index contributed by atoms with van der Waals surface area (Å²) in [5.74, 6) is 4.88. The van der Waals surface area contributed by atoms with Gasteiger partial charge in [0.25, 0.3) is 0 Å². The van der Waals surface area contributed by atoms with Crippen LogP contribution in [0, 0.1) is 28.1 Å². The summed E-state index contributed by atoms with van der Waals surface area (Å²) in [5.41, 5.74) is 0. The minimum atomic E-state index is -0.171. The third kappa shape index (κ3) is 5.40. The zero-order chi connectivity index (χ0) is 9.23. The Morgan fingerprint density at radius 1 is 1.67 bits per heavy atom. The van der Waals surface area contributed by atoms with Crippen molar-refractivity contribution in [2.75, 3.05) is 13.7 Å². The molecule has 0 heterocycles. The monoisotopic (exact) mass is 166 g/mol. The molecule has 12 heavy (non-hydrogen) atoms. The van der Waals surface area contributed by atoms with Gasteiger partial charge in [0.05, 0.1) is 6.10 Å². The molecule has 0 saturated carbocycles. The number of nitriles is 1. The topological polar surface area (TPSA) is 62.4 Å². The molecule has 0 amide bonds. The summed E-state index contributed by atoms with van der Waals surface area (Å²) in [6.07, 6.45) is 1.02. The minimum absolute atomic E-state index is 0.144. The van der Waals surface area contributed by atoms with E-state index in [1.807, 2.05) is 0 Å². The van der Waals surface area contributed by atoms with Gasteiger partial charge in [-0.2, -0.15) is 10.2 Å². The third-order valence-electron chi connectivity index (χ3n) is 1.35. The van der Waals surface area contributed by atoms with Crippen LogP contribution in [0.2, 0.25) is 0 Å². The van der Waals surface area contributed by atoms with Crippen LogP contribution in [0.4, 0.5) is 0 Å². The van der Waals surface area contributed by atoms with Crippen LogP contribution in [0.15, 0.2) is 5.18 Å². The van der Waals surface area contributed by atoms with Crippen molar-refractivity contribution in [1.29, 1.82) is 5.26 Å². The largest absolute Gasteiger partial charge is 0.379 e. The SMILES string of the molecule is CO[C@H](CCC#CC#N)CN=O. The quantitative estimate of drug-likeness (QED) is 0.453. The fourth-order valence-electron chi connectivity index (χ4n) is 0.702. The van der Waals surface area contributed by atoms with E-state index in [0.29, 0.717) is 12.8 Å². The molecule has 4 heteroatoms. The van der Waals surface area contributed by atoms with E-state index < -0.39 is 0 Å². The number of methoxy groups -OCH3 is 1. The Morgan fingerprint density at radius 3 is 2.92 bits per heavy atom. The van der Waals surface area contributed by atoms with Gasteiger partial charge in [-0.05, 0) is 6.42 Å². The van der Waals surface area contributed by atoms with Crippen molar-refractivity contribution in [3.8, 4) is 17.9 Å². The Balaban J connectivity index is 3.58. The minimum Gasteiger partial charge on any atom is -0.379 e. The molecule has 0 aromatic carbocycles. The third-order valence-corrected chi connectivity index (χ3v) is 1.35. The Labute approximate surface area is 71.5 Å². The molecule has 0 unspecified atom stereocenters. The second-order valence-electron chi connectivity index (χ2n) is 2.12. The molecule has 0 spiro atoms. The highest BCUT2D eigenvalue weighted by atomic mass is 16.5. The van der Waals surface area contributed by atoms with Crippen LogP contribution >= 0.6 is 0 Å². The molecule has 1 atom stereocenters. The van der Waals surface area contributed by atoms with Gasteiger partial charge < -0.3 is 4.74 Å². The van der Waals surface area contributed by atoms with Gasteiger partial charge in [0.2, 0.25) is 0 Å². The second-order valence-corrected chi connectivity index (χ2v) is 2.12. The van der Waals surface area contributed by atoms with Crippen LogP contribution in [0.3, 0.4) is 0 Å². The van der Waals surface area contributed by atoms with Crippen LogP contribution in [0.25, 0.3) is 0 Å². The van der Waals surface area contributed by atoms with E-state index in [4.69, 9.17) is 10.00 Å². The summed E-state index contributed by atoms with van der Waals surface area (Å²) < 4.78 is 4.93. The highest BCUT2D eigenvalue weighted by molar-refractivity contribution is 5.16. The van der Waals surface area contributed by atoms with Crippen LogP contribution in [0.5, 0.6) is 0 Å². The van der Waals surface area contributed by atoms with Crippen molar-refractivity contribution in [1.82, 2.24) is 0 Å². The maximum atomic E-state index is 9.84. The summed E-state index contributed by atoms with van der Waals surface area (Å²) in [4.78, 5) is 9.84. The molecule has 0 radical (unpaired) electrons. The first-order chi connectivity index (χ1) is 5.85. The van der Waals surface area contributed by atoms with Gasteiger partial charge in [-0.15, -0.1) is 0 Å². The van der Waals surface area contributed by atoms with E-state index in [2.05, 4.69) is 17.0 Å². The number of rotatable bonds is 5. The predicted octanol–water partition coefficient (Wildman–Crippen LogP) is 1.07. The first-order valence-corrected chi connectivity index (χ1v) is 3.54. The van der Waals surface area contributed by atoms with Crippen LogP contribution in [-0.4, -0.2) is 19.8 Å². The number of nitroso groups, excluding NO2 is 1. The van der Waals surface area contributed by atoms with Gasteiger partial charge in [-0.1, -0.05) is 11.1 Å². The van der Waals surface area contributed by atoms with Crippen LogP contribution in [0.1, 0.15) is 12.8 Å². The molecule has 0 aliphatic heterocycles. The fraction of sp³-hybridized carbons (Fsp3) is 0.625. The molecule has 0 N–H and O–H groups in total. The second kappa shape index (κ2) is 7.71. The molecular weight excluding hydrogens is 156 g/mol. The molecule has 0 fully saturated rings. The maximum absolute atomic E-state index is 9.84. The van der Waals surface area contributed by atoms with Crippen molar-refractivity contribution in [2.24, 2.45) is 5.18 Å². The number of ether oxygens (including phenoxy) is 1. The van der Waals surface area contributed by atoms with Gasteiger partial charge in [0.1, 0.15) is 6.54 Å². The fourth-order valence-corrected chi connectivity index (χ4v) is 0.702. The first kappa shape index (κ1) is 10.6. The smallest absolute Gasteiger partial charge is 0.152 e. The van der Waals surface area contributed by atoms with Gasteiger partial charge in [-0.25, -0.2) is 0 Å². The standard InChI is InChI=1S/C8H10N2O2/c1-12-8(7-10-11)5-3-2-4-6-9/h8H,3,5,7H2,1H3/t8-/m1/s1. The van der Waals surface area contributed by atoms with Gasteiger partial charge in [0, 0.05) is 19.5 Å². The van der Waals surface area contributed by atoms with E-state index in [0.717, 1.165) is 0 Å². The van der Waals surface area contributed by atoms with E-state index >= 15 is 0 Å². The molecule has 4 nitrogen and oxygen atoms in total. The van der Waals surface area contributed by atoms with Gasteiger partial charge in [-0.3, -0.25) is 0 Å². The highest BCUT2D eigenvalue weighted by Crippen LogP contribution is 2.00. The summed E-state index contributed by atoms with van der Waals surface area (Å²) in [6, 6.07) is 1.70. The zero-order valence-electron chi connectivity index (χ0n) is 6.91. The number of hydrogen-bond acceptors (Lipinski definition) is 4. The number of hydrogen-bond donors (Lipinski definition) is 0. The van der Waals surface area contributed by atoms with Gasteiger partial charge in [0.15, 0.2) is 6.07 Å². The summed E-state index contributed by atoms with van der Waals surface area (Å²) in [5, 5.41) is 10.8. The first-order valence-electron chi connectivity index (χ1n) is 3.54. The van der Waals surface area contributed by atoms with Crippen molar-refractivity contribution in [2.45, 2.75) is 18.9 Å². The highest BCUT2D eigenvalue weighted by Gasteiger charge is 2.04. The Hall–Kier alpha value is -1.39. The lowest BCUT2D eigenvalue weighted by molar-refractivity contribution is 0.104. The summed E-state index contributed by atoms with van der Waals surface area (Å²) in [6.45, 7) is 0.144. The lowest BCUT2D eigenvalue weighted by Gasteiger charge is -2.07. The lowest BCUT2D eigenvalue weighted by Crippen LogP contribution is -2.13. The van der Waals surface area contributed by atoms with Gasteiger partial charge >= 0.3 is 0 Å². The van der Waals surface area contributed by atoms with E-state index in [9.17, 15) is 4.91 Å². The van der Waals surface area contributed by atoms with E-state index in [1.54, 1.807) is 6.07 Å². The van der Waals surface area contributed by atoms with Crippen molar-refractivity contribution < 1.29 is 4.74 Å². The Morgan fingerprint density at radius 2 is 2.42 bits per heavy atom. The predicted molar refractivity (Wildman–Crippen MR) is 44.1 cm³/mol. The molecule has 0 saturated heterocycles. The molecular formula is C8H10N2O2. The summed E-state index contributed by atoms with van der Waals surface area (Å²) >= 11 is 0. The van der Waals surface area contributed by atoms with E-state index in [-0.39, 0.29) is 12.6 Å². The Kier molecular flexibility index (Phi) is 6.82. The normalized spacial score (nSPS) is 10.7. The molecule has 64 valence electrons. The van der Waals surface area contributed by atoms with Crippen molar-refractivity contribution >= 4 is 0 Å². The average molecular weight is 166 g/mol. The van der Waals surface area contributed by atoms with Crippen molar-refractivity contribution in [3.63, 3.8) is 0 Å². The molecule has 0 rings (SSSR count). The molecule has 0 aromatic rings. The number of nitrogens with zero attached hydrogens (tertiary/aromatic N) is 2. The maximum Gasteiger partial charge on any atom is 0.152 e. The van der Waals surface area contributed by atoms with Crippen molar-refractivity contribution in [3.05, 3.63) is 4.91 Å². The molecule has 0 aliphatic rings. The van der Waals surface area contributed by atoms with E-state index in [1.165, 1.54) is 7.11 Å². The molecule has 0 aliphatic carbocycles. The van der Waals surface area contributed by atoms with Crippen LogP contribution in [-0.2, 0) is 4.74 Å².